The molecule has 0 unspecified atom stereocenters. The largest absolute Gasteiger partial charge is 0.384 e. The zero-order valence-corrected chi connectivity index (χ0v) is 18.3. The van der Waals surface area contributed by atoms with Crippen LogP contribution in [0.2, 0.25) is 0 Å². The zero-order chi connectivity index (χ0) is 22.0. The van der Waals surface area contributed by atoms with E-state index in [9.17, 15) is 9.59 Å². The number of hydrogen-bond donors (Lipinski definition) is 3. The molecule has 2 heterocycles. The van der Waals surface area contributed by atoms with Crippen molar-refractivity contribution >= 4 is 17.6 Å². The van der Waals surface area contributed by atoms with Crippen LogP contribution in [-0.2, 0) is 16.0 Å². The van der Waals surface area contributed by atoms with Crippen molar-refractivity contribution in [2.24, 2.45) is 23.3 Å². The minimum atomic E-state index is -0.453. The lowest BCUT2D eigenvalue weighted by molar-refractivity contribution is -0.147. The second-order valence-corrected chi connectivity index (χ2v) is 9.43. The van der Waals surface area contributed by atoms with Gasteiger partial charge >= 0.3 is 0 Å². The van der Waals surface area contributed by atoms with E-state index < -0.39 is 6.04 Å². The van der Waals surface area contributed by atoms with E-state index in [0.29, 0.717) is 24.8 Å². The number of amides is 2. The Balaban J connectivity index is 1.53. The molecule has 1 aromatic rings. The van der Waals surface area contributed by atoms with E-state index in [0.717, 1.165) is 49.9 Å². The molecule has 2 amide bonds. The number of carbonyl (C=O) groups excluding carboxylic acids is 2. The highest BCUT2D eigenvalue weighted by atomic mass is 16.2. The van der Waals surface area contributed by atoms with Gasteiger partial charge in [0.25, 0.3) is 0 Å². The topological polar surface area (TPSA) is 117 Å². The number of nitrogens with one attached hydrogen (secondary N) is 1. The molecule has 0 radical (unpaired) electrons. The highest BCUT2D eigenvalue weighted by Gasteiger charge is 2.46. The molecule has 2 aliphatic heterocycles. The molecular weight excluding hydrogens is 390 g/mol. The smallest absolute Gasteiger partial charge is 0.240 e. The Morgan fingerprint density at radius 2 is 1.84 bits per heavy atom. The summed E-state index contributed by atoms with van der Waals surface area (Å²) in [5.74, 6) is 0.775. The SMILES string of the molecule is N=C(N)c1cccc(CCN2CC[C@@H]3CCCC[C@@H]3[C@@H]2C(=O)N2CCC[C@H]2C(N)=O)c1. The summed E-state index contributed by atoms with van der Waals surface area (Å²) in [6.07, 6.45) is 8.21. The summed E-state index contributed by atoms with van der Waals surface area (Å²) in [5, 5.41) is 7.68. The third kappa shape index (κ3) is 4.61. The summed E-state index contributed by atoms with van der Waals surface area (Å²) < 4.78 is 0. The molecule has 7 heteroatoms. The van der Waals surface area contributed by atoms with Gasteiger partial charge in [0.05, 0.1) is 6.04 Å². The van der Waals surface area contributed by atoms with E-state index in [2.05, 4.69) is 11.0 Å². The Kier molecular flexibility index (Phi) is 6.60. The molecule has 4 rings (SSSR count). The number of primary amides is 1. The molecule has 0 bridgehead atoms. The van der Waals surface area contributed by atoms with Gasteiger partial charge in [0.2, 0.25) is 11.8 Å². The monoisotopic (exact) mass is 425 g/mol. The van der Waals surface area contributed by atoms with Gasteiger partial charge in [-0.15, -0.1) is 0 Å². The predicted molar refractivity (Wildman–Crippen MR) is 121 cm³/mol. The van der Waals surface area contributed by atoms with Crippen LogP contribution in [0.5, 0.6) is 0 Å². The van der Waals surface area contributed by atoms with Gasteiger partial charge in [0, 0.05) is 18.7 Å². The van der Waals surface area contributed by atoms with Crippen molar-refractivity contribution in [3.05, 3.63) is 35.4 Å². The molecule has 0 aromatic heterocycles. The second kappa shape index (κ2) is 9.39. The molecule has 1 saturated carbocycles. The molecule has 4 atom stereocenters. The summed E-state index contributed by atoms with van der Waals surface area (Å²) in [7, 11) is 0. The summed E-state index contributed by atoms with van der Waals surface area (Å²) in [5.41, 5.74) is 13.1. The molecular formula is C24H35N5O2. The Morgan fingerprint density at radius 3 is 2.61 bits per heavy atom. The molecule has 168 valence electrons. The van der Waals surface area contributed by atoms with Crippen molar-refractivity contribution in [2.75, 3.05) is 19.6 Å². The zero-order valence-electron chi connectivity index (χ0n) is 18.3. The standard InChI is InChI=1S/C24H35N5O2/c25-22(26)18-7-3-5-16(15-18)10-13-28-14-11-17-6-1-2-8-19(17)21(28)24(31)29-12-4-9-20(29)23(27)30/h3,5,7,15,17,19-21H,1-2,4,6,8-14H2,(H3,25,26)(H2,27,30)/t17-,19-,20-,21+/m0/s1. The number of nitrogen functional groups attached to an aromatic ring is 1. The van der Waals surface area contributed by atoms with E-state index in [1.165, 1.54) is 19.3 Å². The van der Waals surface area contributed by atoms with Gasteiger partial charge in [0.15, 0.2) is 0 Å². The normalized spacial score (nSPS) is 28.8. The van der Waals surface area contributed by atoms with Crippen LogP contribution in [0.1, 0.15) is 56.1 Å². The predicted octanol–water partition coefficient (Wildman–Crippen LogP) is 1.87. The van der Waals surface area contributed by atoms with Crippen molar-refractivity contribution in [3.63, 3.8) is 0 Å². The van der Waals surface area contributed by atoms with Crippen LogP contribution in [0.4, 0.5) is 0 Å². The molecule has 3 fully saturated rings. The lowest BCUT2D eigenvalue weighted by Crippen LogP contribution is -2.60. The van der Waals surface area contributed by atoms with E-state index in [1.807, 2.05) is 18.2 Å². The Hall–Kier alpha value is -2.41. The van der Waals surface area contributed by atoms with Crippen LogP contribution in [0.3, 0.4) is 0 Å². The van der Waals surface area contributed by atoms with Crippen molar-refractivity contribution in [1.82, 2.24) is 9.80 Å². The number of piperidine rings is 1. The number of benzene rings is 1. The molecule has 5 N–H and O–H groups in total. The first kappa shape index (κ1) is 21.8. The maximum Gasteiger partial charge on any atom is 0.240 e. The van der Waals surface area contributed by atoms with E-state index in [-0.39, 0.29) is 23.7 Å². The molecule has 2 saturated heterocycles. The first-order valence-corrected chi connectivity index (χ1v) is 11.7. The molecule has 0 spiro atoms. The summed E-state index contributed by atoms with van der Waals surface area (Å²) in [6.45, 7) is 2.34. The van der Waals surface area contributed by atoms with Crippen LogP contribution in [-0.4, -0.2) is 59.2 Å². The maximum absolute atomic E-state index is 13.8. The van der Waals surface area contributed by atoms with Crippen molar-refractivity contribution in [1.29, 1.82) is 5.41 Å². The number of fused-ring (bicyclic) bond motifs is 1. The summed E-state index contributed by atoms with van der Waals surface area (Å²) in [4.78, 5) is 29.8. The number of rotatable bonds is 6. The Bertz CT molecular complexity index is 841. The molecule has 3 aliphatic rings. The number of nitrogens with two attached hydrogens (primary N) is 2. The Morgan fingerprint density at radius 1 is 1.03 bits per heavy atom. The van der Waals surface area contributed by atoms with Crippen LogP contribution >= 0.6 is 0 Å². The molecule has 1 aliphatic carbocycles. The lowest BCUT2D eigenvalue weighted by Gasteiger charge is -2.48. The van der Waals surface area contributed by atoms with Gasteiger partial charge in [0.1, 0.15) is 11.9 Å². The van der Waals surface area contributed by atoms with Gasteiger partial charge in [-0.3, -0.25) is 19.9 Å². The van der Waals surface area contributed by atoms with Gasteiger partial charge in [-0.2, -0.15) is 0 Å². The summed E-state index contributed by atoms with van der Waals surface area (Å²) in [6, 6.07) is 7.20. The number of nitrogens with zero attached hydrogens (tertiary/aromatic N) is 2. The fourth-order valence-corrected chi connectivity index (χ4v) is 6.01. The third-order valence-corrected chi connectivity index (χ3v) is 7.60. The van der Waals surface area contributed by atoms with E-state index in [4.69, 9.17) is 16.9 Å². The average Bonchev–Trinajstić information content (AvgIpc) is 3.27. The van der Waals surface area contributed by atoms with Gasteiger partial charge in [-0.25, -0.2) is 0 Å². The minimum absolute atomic E-state index is 0.0736. The highest BCUT2D eigenvalue weighted by molar-refractivity contribution is 5.95. The van der Waals surface area contributed by atoms with Crippen LogP contribution in [0, 0.1) is 17.2 Å². The van der Waals surface area contributed by atoms with E-state index >= 15 is 0 Å². The quantitative estimate of drug-likeness (QED) is 0.476. The van der Waals surface area contributed by atoms with Crippen molar-refractivity contribution in [3.8, 4) is 0 Å². The second-order valence-electron chi connectivity index (χ2n) is 9.43. The number of amidine groups is 1. The highest BCUT2D eigenvalue weighted by Crippen LogP contribution is 2.41. The van der Waals surface area contributed by atoms with Crippen molar-refractivity contribution < 1.29 is 9.59 Å². The van der Waals surface area contributed by atoms with Gasteiger partial charge in [-0.05, 0) is 62.1 Å². The first-order valence-electron chi connectivity index (χ1n) is 11.7. The summed E-state index contributed by atoms with van der Waals surface area (Å²) >= 11 is 0. The fraction of sp³-hybridized carbons (Fsp3) is 0.625. The van der Waals surface area contributed by atoms with Crippen LogP contribution in [0.15, 0.2) is 24.3 Å². The fourth-order valence-electron chi connectivity index (χ4n) is 6.01. The number of carbonyl (C=O) groups is 2. The average molecular weight is 426 g/mol. The number of hydrogen-bond acceptors (Lipinski definition) is 4. The maximum atomic E-state index is 13.8. The van der Waals surface area contributed by atoms with Gasteiger partial charge in [-0.1, -0.05) is 37.5 Å². The van der Waals surface area contributed by atoms with Crippen LogP contribution in [0.25, 0.3) is 0 Å². The molecule has 31 heavy (non-hydrogen) atoms. The molecule has 7 nitrogen and oxygen atoms in total. The first-order chi connectivity index (χ1) is 15.0. The van der Waals surface area contributed by atoms with E-state index in [1.54, 1.807) is 4.90 Å². The number of likely N-dealkylation sites (tertiary alicyclic amines) is 2. The third-order valence-electron chi connectivity index (χ3n) is 7.60. The lowest BCUT2D eigenvalue weighted by atomic mass is 9.70. The molecule has 1 aromatic carbocycles. The van der Waals surface area contributed by atoms with Crippen molar-refractivity contribution in [2.45, 2.75) is 63.5 Å². The minimum Gasteiger partial charge on any atom is -0.384 e. The van der Waals surface area contributed by atoms with Crippen LogP contribution < -0.4 is 11.5 Å². The van der Waals surface area contributed by atoms with Gasteiger partial charge < -0.3 is 16.4 Å². The Labute approximate surface area is 184 Å².